The minimum absolute atomic E-state index is 0.0508. The molecule has 0 aromatic heterocycles. The maximum absolute atomic E-state index is 12.8. The van der Waals surface area contributed by atoms with Crippen molar-refractivity contribution in [3.63, 3.8) is 0 Å². The Morgan fingerprint density at radius 3 is 2.63 bits per heavy atom. The minimum atomic E-state index is -1.10. The zero-order valence-electron chi connectivity index (χ0n) is 15.9. The molecule has 1 aliphatic heterocycles. The highest BCUT2D eigenvalue weighted by Crippen LogP contribution is 2.35. The number of hydrogen-bond donors (Lipinski definition) is 2. The number of carboxylic acids is 2. The lowest BCUT2D eigenvalue weighted by Crippen LogP contribution is -2.28. The summed E-state index contributed by atoms with van der Waals surface area (Å²) in [6.45, 7) is 1.72. The third-order valence-corrected chi connectivity index (χ3v) is 5.08. The highest BCUT2D eigenvalue weighted by Gasteiger charge is 2.32. The van der Waals surface area contributed by atoms with E-state index in [4.69, 9.17) is 9.84 Å². The molecular weight excluding hydrogens is 408 g/mol. The summed E-state index contributed by atoms with van der Waals surface area (Å²) in [5, 5.41) is 18.5. The summed E-state index contributed by atoms with van der Waals surface area (Å²) in [5.74, 6) is -2.05. The first-order chi connectivity index (χ1) is 14.4. The molecule has 8 nitrogen and oxygen atoms in total. The van der Waals surface area contributed by atoms with E-state index in [9.17, 15) is 19.5 Å². The Hall–Kier alpha value is -3.59. The molecule has 0 spiro atoms. The molecule has 0 aliphatic carbocycles. The van der Waals surface area contributed by atoms with Gasteiger partial charge in [0.2, 0.25) is 0 Å². The van der Waals surface area contributed by atoms with Gasteiger partial charge in [-0.3, -0.25) is 9.69 Å². The van der Waals surface area contributed by atoms with E-state index in [2.05, 4.69) is 4.99 Å². The molecule has 30 heavy (non-hydrogen) atoms. The second-order valence-electron chi connectivity index (χ2n) is 6.13. The van der Waals surface area contributed by atoms with Gasteiger partial charge in [-0.15, -0.1) is 0 Å². The van der Waals surface area contributed by atoms with Crippen molar-refractivity contribution in [1.29, 1.82) is 0 Å². The summed E-state index contributed by atoms with van der Waals surface area (Å²) in [7, 11) is 0. The van der Waals surface area contributed by atoms with Crippen molar-refractivity contribution in [2.75, 3.05) is 13.2 Å². The van der Waals surface area contributed by atoms with Crippen LogP contribution in [0.3, 0.4) is 0 Å². The molecule has 1 amide bonds. The maximum Gasteiger partial charge on any atom is 0.341 e. The number of carbonyl (C=O) groups excluding carboxylic acids is 1. The van der Waals surface area contributed by atoms with Crippen LogP contribution in [0.1, 0.15) is 22.8 Å². The molecule has 3 rings (SSSR count). The molecule has 2 aromatic carbocycles. The van der Waals surface area contributed by atoms with Crippen molar-refractivity contribution in [2.24, 2.45) is 4.99 Å². The van der Waals surface area contributed by atoms with Gasteiger partial charge in [0.1, 0.15) is 5.75 Å². The summed E-state index contributed by atoms with van der Waals surface area (Å²) in [6.07, 6.45) is 1.66. The summed E-state index contributed by atoms with van der Waals surface area (Å²) >= 11 is 1.15. The average Bonchev–Trinajstić information content (AvgIpc) is 3.01. The second kappa shape index (κ2) is 9.27. The molecule has 1 saturated heterocycles. The highest BCUT2D eigenvalue weighted by molar-refractivity contribution is 8.18. The van der Waals surface area contributed by atoms with Crippen molar-refractivity contribution >= 4 is 46.5 Å². The number of amides is 1. The lowest BCUT2D eigenvalue weighted by molar-refractivity contribution is -0.139. The van der Waals surface area contributed by atoms with E-state index in [0.29, 0.717) is 27.9 Å². The predicted molar refractivity (Wildman–Crippen MR) is 113 cm³/mol. The van der Waals surface area contributed by atoms with Crippen molar-refractivity contribution in [2.45, 2.75) is 6.92 Å². The van der Waals surface area contributed by atoms with E-state index >= 15 is 0 Å². The topological polar surface area (TPSA) is 117 Å². The van der Waals surface area contributed by atoms with E-state index in [1.54, 1.807) is 55.5 Å². The number of likely N-dealkylation sites (N-methyl/N-ethyl adjacent to an activating group) is 1. The van der Waals surface area contributed by atoms with Crippen molar-refractivity contribution in [3.8, 4) is 5.75 Å². The number of carboxylic acid groups (broad SMARTS) is 2. The number of aromatic carboxylic acids is 1. The molecule has 0 atom stereocenters. The van der Waals surface area contributed by atoms with Crippen LogP contribution in [0.4, 0.5) is 5.69 Å². The quantitative estimate of drug-likeness (QED) is 0.651. The van der Waals surface area contributed by atoms with Gasteiger partial charge in [-0.2, -0.15) is 0 Å². The number of aliphatic carboxylic acids is 1. The van der Waals surface area contributed by atoms with Gasteiger partial charge in [-0.25, -0.2) is 14.6 Å². The lowest BCUT2D eigenvalue weighted by Gasteiger charge is -2.12. The van der Waals surface area contributed by atoms with Gasteiger partial charge in [-0.1, -0.05) is 24.3 Å². The number of para-hydroxylation sites is 1. The number of ether oxygens (including phenoxy) is 1. The maximum atomic E-state index is 12.8. The van der Waals surface area contributed by atoms with Gasteiger partial charge in [0.05, 0.1) is 16.2 Å². The summed E-state index contributed by atoms with van der Waals surface area (Å²) in [5.41, 5.74) is 0.982. The molecule has 0 unspecified atom stereocenters. The van der Waals surface area contributed by atoms with Crippen LogP contribution in [-0.4, -0.2) is 51.3 Å². The third-order valence-electron chi connectivity index (χ3n) is 4.07. The number of thioether (sulfide) groups is 1. The number of benzene rings is 2. The number of amidine groups is 1. The van der Waals surface area contributed by atoms with Crippen LogP contribution in [0, 0.1) is 0 Å². The molecule has 9 heteroatoms. The first-order valence-corrected chi connectivity index (χ1v) is 9.77. The van der Waals surface area contributed by atoms with Gasteiger partial charge in [0.25, 0.3) is 5.91 Å². The third kappa shape index (κ3) is 4.87. The Bertz CT molecular complexity index is 1060. The molecule has 2 aromatic rings. The minimum Gasteiger partial charge on any atom is -0.482 e. The monoisotopic (exact) mass is 426 g/mol. The molecule has 0 saturated carbocycles. The molecule has 1 aliphatic rings. The van der Waals surface area contributed by atoms with Crippen molar-refractivity contribution in [1.82, 2.24) is 4.90 Å². The summed E-state index contributed by atoms with van der Waals surface area (Å²) in [4.78, 5) is 41.2. The van der Waals surface area contributed by atoms with Gasteiger partial charge < -0.3 is 14.9 Å². The van der Waals surface area contributed by atoms with E-state index < -0.39 is 18.5 Å². The molecule has 154 valence electrons. The van der Waals surface area contributed by atoms with Crippen LogP contribution in [0.15, 0.2) is 58.4 Å². The number of nitrogens with zero attached hydrogens (tertiary/aromatic N) is 2. The largest absolute Gasteiger partial charge is 0.482 e. The molecule has 0 bridgehead atoms. The molecule has 2 N–H and O–H groups in total. The Morgan fingerprint density at radius 2 is 1.93 bits per heavy atom. The number of rotatable bonds is 7. The van der Waals surface area contributed by atoms with E-state index in [0.717, 1.165) is 11.8 Å². The first-order valence-electron chi connectivity index (χ1n) is 8.96. The standard InChI is InChI=1S/C21H18N2O6S/c1-2-23-19(26)17(11-13-6-5-7-14(10-13)29-12-18(24)25)30-21(23)22-16-9-4-3-8-15(16)20(27)28/h3-11H,2,12H2,1H3,(H,24,25)(H,27,28)/b17-11-,22-21?. The van der Waals surface area contributed by atoms with Crippen LogP contribution in [0.25, 0.3) is 6.08 Å². The van der Waals surface area contributed by atoms with Crippen LogP contribution >= 0.6 is 11.8 Å². The van der Waals surface area contributed by atoms with Crippen molar-refractivity contribution in [3.05, 3.63) is 64.6 Å². The van der Waals surface area contributed by atoms with E-state index in [-0.39, 0.29) is 17.2 Å². The van der Waals surface area contributed by atoms with E-state index in [1.807, 2.05) is 0 Å². The van der Waals surface area contributed by atoms with Gasteiger partial charge in [-0.05, 0) is 54.6 Å². The normalized spacial score (nSPS) is 16.3. The van der Waals surface area contributed by atoms with Crippen LogP contribution in [0.5, 0.6) is 5.75 Å². The lowest BCUT2D eigenvalue weighted by atomic mass is 10.2. The fourth-order valence-corrected chi connectivity index (χ4v) is 3.77. The zero-order chi connectivity index (χ0) is 21.7. The number of aliphatic imine (C=N–C) groups is 1. The van der Waals surface area contributed by atoms with Gasteiger partial charge >= 0.3 is 11.9 Å². The second-order valence-corrected chi connectivity index (χ2v) is 7.14. The Kier molecular flexibility index (Phi) is 6.53. The van der Waals surface area contributed by atoms with Gasteiger partial charge in [0, 0.05) is 6.54 Å². The van der Waals surface area contributed by atoms with Gasteiger partial charge in [0.15, 0.2) is 11.8 Å². The Balaban J connectivity index is 1.90. The molecule has 1 heterocycles. The van der Waals surface area contributed by atoms with Crippen LogP contribution < -0.4 is 4.74 Å². The SMILES string of the molecule is CCN1C(=O)/C(=C/c2cccc(OCC(=O)O)c2)SC1=Nc1ccccc1C(=O)O. The van der Waals surface area contributed by atoms with Crippen LogP contribution in [-0.2, 0) is 9.59 Å². The predicted octanol–water partition coefficient (Wildman–Crippen LogP) is 3.47. The Labute approximate surface area is 176 Å². The first kappa shape index (κ1) is 21.1. The zero-order valence-corrected chi connectivity index (χ0v) is 16.8. The summed E-state index contributed by atoms with van der Waals surface area (Å²) in [6, 6.07) is 13.1. The molecule has 1 fully saturated rings. The van der Waals surface area contributed by atoms with Crippen molar-refractivity contribution < 1.29 is 29.3 Å². The highest BCUT2D eigenvalue weighted by atomic mass is 32.2. The number of carbonyl (C=O) groups is 3. The van der Waals surface area contributed by atoms with Crippen LogP contribution in [0.2, 0.25) is 0 Å². The molecule has 0 radical (unpaired) electrons. The number of hydrogen-bond acceptors (Lipinski definition) is 6. The smallest absolute Gasteiger partial charge is 0.341 e. The molecular formula is C21H18N2O6S. The average molecular weight is 426 g/mol. The fourth-order valence-electron chi connectivity index (χ4n) is 2.72. The fraction of sp³-hybridized carbons (Fsp3) is 0.143. The summed E-state index contributed by atoms with van der Waals surface area (Å²) < 4.78 is 5.17. The van der Waals surface area contributed by atoms with E-state index in [1.165, 1.54) is 11.0 Å². The Morgan fingerprint density at radius 1 is 1.17 bits per heavy atom.